The lowest BCUT2D eigenvalue weighted by Gasteiger charge is -2.15. The number of hydrogen-bond donors (Lipinski definition) is 2. The lowest BCUT2D eigenvalue weighted by atomic mass is 9.90. The fraction of sp³-hybridized carbons (Fsp3) is 0.143. The van der Waals surface area contributed by atoms with Gasteiger partial charge in [0.05, 0.1) is 6.61 Å². The summed E-state index contributed by atoms with van der Waals surface area (Å²) in [7, 11) is 0. The number of ether oxygens (including phenoxy) is 1. The average Bonchev–Trinajstić information content (AvgIpc) is 2.82. The molecule has 1 heterocycles. The summed E-state index contributed by atoms with van der Waals surface area (Å²) in [5.41, 5.74) is 1.38. The van der Waals surface area contributed by atoms with Gasteiger partial charge >= 0.3 is 11.8 Å². The minimum atomic E-state index is -0.898. The summed E-state index contributed by atoms with van der Waals surface area (Å²) >= 11 is 0. The van der Waals surface area contributed by atoms with E-state index in [2.05, 4.69) is 15.1 Å². The first kappa shape index (κ1) is 13.8. The molecule has 1 aliphatic rings. The van der Waals surface area contributed by atoms with Gasteiger partial charge in [0.25, 0.3) is 0 Å². The molecule has 3 rings (SSSR count). The summed E-state index contributed by atoms with van der Waals surface area (Å²) < 4.78 is 5.37. The number of hydrogen-bond acceptors (Lipinski definition) is 5. The molecule has 2 aromatic rings. The van der Waals surface area contributed by atoms with E-state index in [4.69, 9.17) is 0 Å². The van der Waals surface area contributed by atoms with Crippen LogP contribution in [0.15, 0.2) is 29.1 Å². The Morgan fingerprint density at radius 3 is 2.45 bits per heavy atom. The van der Waals surface area contributed by atoms with E-state index in [9.17, 15) is 19.2 Å². The largest absolute Gasteiger partial charge is 0.449 e. The van der Waals surface area contributed by atoms with Crippen molar-refractivity contribution in [2.24, 2.45) is 0 Å². The minimum Gasteiger partial charge on any atom is -0.449 e. The monoisotopic (exact) mass is 301 g/mol. The number of carbonyl (C=O) groups excluding carboxylic acids is 3. The normalized spacial score (nSPS) is 12.6. The molecule has 8 nitrogen and oxygen atoms in total. The molecule has 0 atom stereocenters. The van der Waals surface area contributed by atoms with Gasteiger partial charge in [0, 0.05) is 11.1 Å². The number of imidazole rings is 1. The Morgan fingerprint density at radius 1 is 1.18 bits per heavy atom. The van der Waals surface area contributed by atoms with Gasteiger partial charge in [-0.25, -0.2) is 15.0 Å². The summed E-state index contributed by atoms with van der Waals surface area (Å²) in [6.45, 7) is 1.70. The van der Waals surface area contributed by atoms with E-state index in [1.807, 2.05) is 0 Å². The molecule has 0 radical (unpaired) electrons. The summed E-state index contributed by atoms with van der Waals surface area (Å²) in [6, 6.07) is 6.24. The van der Waals surface area contributed by atoms with Crippen molar-refractivity contribution in [3.63, 3.8) is 0 Å². The Bertz CT molecular complexity index is 862. The van der Waals surface area contributed by atoms with Crippen molar-refractivity contribution >= 4 is 17.7 Å². The molecule has 1 aliphatic carbocycles. The second-order valence-corrected chi connectivity index (χ2v) is 4.53. The van der Waals surface area contributed by atoms with E-state index in [0.29, 0.717) is 4.68 Å². The van der Waals surface area contributed by atoms with Crippen LogP contribution in [-0.4, -0.2) is 33.9 Å². The topological polar surface area (TPSA) is 110 Å². The zero-order chi connectivity index (χ0) is 15.9. The number of fused-ring (bicyclic) bond motifs is 2. The third kappa shape index (κ3) is 1.93. The molecule has 112 valence electrons. The molecule has 2 N–H and O–H groups in total. The maximum absolute atomic E-state index is 12.5. The van der Waals surface area contributed by atoms with E-state index < -0.39 is 23.3 Å². The molecule has 1 aromatic carbocycles. The highest BCUT2D eigenvalue weighted by atomic mass is 16.6. The third-order valence-electron chi connectivity index (χ3n) is 3.23. The van der Waals surface area contributed by atoms with Gasteiger partial charge in [0.1, 0.15) is 11.4 Å². The second-order valence-electron chi connectivity index (χ2n) is 4.53. The van der Waals surface area contributed by atoms with Crippen LogP contribution in [-0.2, 0) is 4.74 Å². The van der Waals surface area contributed by atoms with Gasteiger partial charge in [-0.05, 0) is 6.92 Å². The van der Waals surface area contributed by atoms with E-state index in [-0.39, 0.29) is 29.1 Å². The molecular weight excluding hydrogens is 290 g/mol. The molecule has 0 saturated heterocycles. The van der Waals surface area contributed by atoms with Gasteiger partial charge in [0.15, 0.2) is 0 Å². The molecular formula is C14H11N3O5. The van der Waals surface area contributed by atoms with Gasteiger partial charge in [-0.1, -0.05) is 24.3 Å². The Balaban J connectivity index is 2.14. The van der Waals surface area contributed by atoms with Crippen LogP contribution in [0.2, 0.25) is 0 Å². The van der Waals surface area contributed by atoms with Crippen LogP contribution in [0.5, 0.6) is 0 Å². The molecule has 0 bridgehead atoms. The number of amides is 1. The second kappa shape index (κ2) is 4.99. The van der Waals surface area contributed by atoms with Crippen molar-refractivity contribution in [2.75, 3.05) is 12.0 Å². The number of aromatic nitrogens is 2. The van der Waals surface area contributed by atoms with Gasteiger partial charge in [-0.2, -0.15) is 4.68 Å². The predicted octanol–water partition coefficient (Wildman–Crippen LogP) is 0.652. The fourth-order valence-electron chi connectivity index (χ4n) is 2.32. The smallest absolute Gasteiger partial charge is 0.426 e. The highest BCUT2D eigenvalue weighted by Gasteiger charge is 2.35. The summed E-state index contributed by atoms with van der Waals surface area (Å²) in [4.78, 5) is 50.6. The molecule has 0 spiro atoms. The number of nitrogens with one attached hydrogen (secondary N) is 2. The Hall–Kier alpha value is -3.16. The van der Waals surface area contributed by atoms with E-state index in [1.54, 1.807) is 19.1 Å². The van der Waals surface area contributed by atoms with E-state index in [0.717, 1.165) is 0 Å². The summed E-state index contributed by atoms with van der Waals surface area (Å²) in [6.07, 6.45) is -0.898. The van der Waals surface area contributed by atoms with Crippen LogP contribution >= 0.6 is 0 Å². The summed E-state index contributed by atoms with van der Waals surface area (Å²) in [5.74, 6) is -1.01. The van der Waals surface area contributed by atoms with E-state index in [1.165, 1.54) is 12.1 Å². The highest BCUT2D eigenvalue weighted by Crippen LogP contribution is 2.24. The van der Waals surface area contributed by atoms with Gasteiger partial charge in [-0.15, -0.1) is 0 Å². The average molecular weight is 301 g/mol. The lowest BCUT2D eigenvalue weighted by Crippen LogP contribution is -2.35. The number of ketones is 2. The van der Waals surface area contributed by atoms with Gasteiger partial charge < -0.3 is 9.72 Å². The minimum absolute atomic E-state index is 0.100. The number of carbonyl (C=O) groups is 3. The Morgan fingerprint density at radius 2 is 1.82 bits per heavy atom. The highest BCUT2D eigenvalue weighted by molar-refractivity contribution is 6.27. The SMILES string of the molecule is CCOC(=O)Nn1c2c([nH]c1=O)C(=O)c1ccccc1C2=O. The summed E-state index contributed by atoms with van der Waals surface area (Å²) in [5, 5.41) is 0. The molecule has 8 heteroatoms. The number of nitrogens with zero attached hydrogens (tertiary/aromatic N) is 1. The first-order chi connectivity index (χ1) is 10.5. The Kier molecular flexibility index (Phi) is 3.13. The number of H-pyrrole nitrogens is 1. The zero-order valence-corrected chi connectivity index (χ0v) is 11.5. The number of rotatable bonds is 2. The quantitative estimate of drug-likeness (QED) is 0.722. The van der Waals surface area contributed by atoms with Gasteiger partial charge in [-0.3, -0.25) is 9.59 Å². The van der Waals surface area contributed by atoms with Crippen LogP contribution in [0.25, 0.3) is 0 Å². The molecule has 1 amide bonds. The molecule has 0 saturated carbocycles. The fourth-order valence-corrected chi connectivity index (χ4v) is 2.32. The molecule has 22 heavy (non-hydrogen) atoms. The number of benzene rings is 1. The standard InChI is InChI=1S/C14H11N3O5/c1-2-22-14(21)16-17-10-9(15-13(17)20)11(18)7-5-3-4-6-8(7)12(10)19/h3-6H,2H2,1H3,(H,15,20)(H,16,21). The first-order valence-corrected chi connectivity index (χ1v) is 6.51. The molecule has 0 unspecified atom stereocenters. The molecule has 1 aromatic heterocycles. The Labute approximate surface area is 123 Å². The maximum Gasteiger partial charge on any atom is 0.426 e. The van der Waals surface area contributed by atoms with Crippen molar-refractivity contribution < 1.29 is 19.1 Å². The first-order valence-electron chi connectivity index (χ1n) is 6.51. The van der Waals surface area contributed by atoms with Gasteiger partial charge in [0.2, 0.25) is 11.6 Å². The third-order valence-corrected chi connectivity index (χ3v) is 3.23. The van der Waals surface area contributed by atoms with Crippen LogP contribution in [0.3, 0.4) is 0 Å². The van der Waals surface area contributed by atoms with Crippen LogP contribution in [0.4, 0.5) is 4.79 Å². The van der Waals surface area contributed by atoms with Crippen molar-refractivity contribution in [2.45, 2.75) is 6.92 Å². The van der Waals surface area contributed by atoms with Crippen molar-refractivity contribution in [3.05, 3.63) is 57.3 Å². The van der Waals surface area contributed by atoms with Crippen molar-refractivity contribution in [3.8, 4) is 0 Å². The predicted molar refractivity (Wildman–Crippen MR) is 74.7 cm³/mol. The van der Waals surface area contributed by atoms with E-state index >= 15 is 0 Å². The van der Waals surface area contributed by atoms with Crippen LogP contribution in [0, 0.1) is 0 Å². The zero-order valence-electron chi connectivity index (χ0n) is 11.5. The molecule has 0 fully saturated rings. The maximum atomic E-state index is 12.5. The molecule has 0 aliphatic heterocycles. The van der Waals surface area contributed by atoms with Crippen molar-refractivity contribution in [1.82, 2.24) is 9.66 Å². The van der Waals surface area contributed by atoms with Crippen LogP contribution in [0.1, 0.15) is 39.0 Å². The van der Waals surface area contributed by atoms with Crippen LogP contribution < -0.4 is 11.1 Å². The lowest BCUT2D eigenvalue weighted by molar-refractivity contribution is 0.0971. The van der Waals surface area contributed by atoms with Crippen molar-refractivity contribution in [1.29, 1.82) is 0 Å². The number of aromatic amines is 1.